The molecule has 1 rings (SSSR count). The Labute approximate surface area is 130 Å². The highest BCUT2D eigenvalue weighted by Crippen LogP contribution is 2.37. The first-order chi connectivity index (χ1) is 9.73. The molecule has 1 saturated carbocycles. The molecule has 124 valence electrons. The van der Waals surface area contributed by atoms with Gasteiger partial charge in [0, 0.05) is 12.1 Å². The molecule has 0 aromatic rings. The van der Waals surface area contributed by atoms with E-state index in [1.54, 1.807) is 0 Å². The van der Waals surface area contributed by atoms with E-state index in [1.807, 2.05) is 13.8 Å². The lowest BCUT2D eigenvalue weighted by atomic mass is 9.74. The molecule has 0 saturated heterocycles. The highest BCUT2D eigenvalue weighted by molar-refractivity contribution is 5.78. The molecule has 3 N–H and O–H groups in total. The second-order valence-corrected chi connectivity index (χ2v) is 7.54. The summed E-state index contributed by atoms with van der Waals surface area (Å²) in [6.45, 7) is 11.3. The summed E-state index contributed by atoms with van der Waals surface area (Å²) in [4.78, 5) is 12.0. The van der Waals surface area contributed by atoms with Crippen molar-refractivity contribution >= 4 is 5.91 Å². The van der Waals surface area contributed by atoms with E-state index in [0.29, 0.717) is 6.54 Å². The van der Waals surface area contributed by atoms with E-state index in [-0.39, 0.29) is 23.7 Å². The normalized spacial score (nSPS) is 26.9. The van der Waals surface area contributed by atoms with Gasteiger partial charge in [-0.15, -0.1) is 0 Å². The first-order valence-corrected chi connectivity index (χ1v) is 8.38. The molecule has 0 heterocycles. The Morgan fingerprint density at radius 2 is 1.95 bits per heavy atom. The summed E-state index contributed by atoms with van der Waals surface area (Å²) in [5, 5.41) is 3.01. The lowest BCUT2D eigenvalue weighted by Crippen LogP contribution is -2.49. The van der Waals surface area contributed by atoms with Crippen LogP contribution in [0.2, 0.25) is 0 Å². The molecule has 1 amide bonds. The van der Waals surface area contributed by atoms with Gasteiger partial charge in [-0.2, -0.15) is 0 Å². The van der Waals surface area contributed by atoms with E-state index in [0.717, 1.165) is 43.9 Å². The fourth-order valence-electron chi connectivity index (χ4n) is 2.96. The van der Waals surface area contributed by atoms with E-state index < -0.39 is 0 Å². The van der Waals surface area contributed by atoms with Crippen LogP contribution in [0.3, 0.4) is 0 Å². The smallest absolute Gasteiger partial charge is 0.246 e. The van der Waals surface area contributed by atoms with Gasteiger partial charge in [0.05, 0.1) is 5.60 Å². The zero-order chi connectivity index (χ0) is 16.1. The van der Waals surface area contributed by atoms with Crippen molar-refractivity contribution in [3.8, 4) is 0 Å². The minimum absolute atomic E-state index is 0.0411. The van der Waals surface area contributed by atoms with E-state index in [9.17, 15) is 4.79 Å². The first kappa shape index (κ1) is 18.4. The number of hydrogen-bond acceptors (Lipinski definition) is 3. The average molecular weight is 298 g/mol. The number of nitrogens with one attached hydrogen (secondary N) is 1. The van der Waals surface area contributed by atoms with Crippen LogP contribution >= 0.6 is 0 Å². The van der Waals surface area contributed by atoms with Gasteiger partial charge in [0.15, 0.2) is 0 Å². The van der Waals surface area contributed by atoms with Crippen LogP contribution in [0.25, 0.3) is 0 Å². The van der Waals surface area contributed by atoms with Gasteiger partial charge >= 0.3 is 0 Å². The number of hydrogen-bond donors (Lipinski definition) is 2. The van der Waals surface area contributed by atoms with Crippen molar-refractivity contribution in [2.75, 3.05) is 13.2 Å². The van der Waals surface area contributed by atoms with E-state index in [1.165, 1.54) is 0 Å². The zero-order valence-electron chi connectivity index (χ0n) is 14.5. The summed E-state index contributed by atoms with van der Waals surface area (Å²) in [6.07, 6.45) is 5.14. The molecular formula is C17H34N2O2. The fourth-order valence-corrected chi connectivity index (χ4v) is 2.96. The number of carbonyl (C=O) groups is 1. The number of rotatable bonds is 7. The van der Waals surface area contributed by atoms with Crippen molar-refractivity contribution in [2.24, 2.45) is 17.6 Å². The van der Waals surface area contributed by atoms with Crippen molar-refractivity contribution in [3.63, 3.8) is 0 Å². The fraction of sp³-hybridized carbons (Fsp3) is 0.941. The molecule has 4 nitrogen and oxygen atoms in total. The van der Waals surface area contributed by atoms with Crippen LogP contribution in [0.5, 0.6) is 0 Å². The quantitative estimate of drug-likeness (QED) is 0.759. The van der Waals surface area contributed by atoms with Gasteiger partial charge in [-0.3, -0.25) is 4.79 Å². The number of nitrogens with two attached hydrogens (primary N) is 1. The zero-order valence-corrected chi connectivity index (χ0v) is 14.5. The van der Waals surface area contributed by atoms with Crippen LogP contribution in [0, 0.1) is 11.8 Å². The second kappa shape index (κ2) is 7.59. The first-order valence-electron chi connectivity index (χ1n) is 8.38. The van der Waals surface area contributed by atoms with Crippen molar-refractivity contribution in [1.29, 1.82) is 0 Å². The van der Waals surface area contributed by atoms with Crippen molar-refractivity contribution < 1.29 is 9.53 Å². The highest BCUT2D eigenvalue weighted by Gasteiger charge is 2.36. The van der Waals surface area contributed by atoms with Crippen LogP contribution in [-0.4, -0.2) is 30.2 Å². The van der Waals surface area contributed by atoms with Gasteiger partial charge in [-0.1, -0.05) is 20.8 Å². The molecule has 0 spiro atoms. The van der Waals surface area contributed by atoms with Gasteiger partial charge in [-0.05, 0) is 57.8 Å². The summed E-state index contributed by atoms with van der Waals surface area (Å²) < 4.78 is 5.96. The Morgan fingerprint density at radius 3 is 2.38 bits per heavy atom. The van der Waals surface area contributed by atoms with Crippen molar-refractivity contribution in [3.05, 3.63) is 0 Å². The molecule has 0 aliphatic heterocycles. The molecule has 0 unspecified atom stereocenters. The minimum atomic E-state index is -0.293. The summed E-state index contributed by atoms with van der Waals surface area (Å²) in [5.74, 6) is 1.44. The molecule has 0 aromatic carbocycles. The molecule has 4 heteroatoms. The van der Waals surface area contributed by atoms with Gasteiger partial charge in [-0.25, -0.2) is 0 Å². The molecule has 1 fully saturated rings. The monoisotopic (exact) mass is 298 g/mol. The summed E-state index contributed by atoms with van der Waals surface area (Å²) in [7, 11) is 0. The van der Waals surface area contributed by atoms with E-state index >= 15 is 0 Å². The largest absolute Gasteiger partial charge is 0.364 e. The standard InChI is InChI=1S/C17H34N2O2/c1-6-16(4,5)19-15(20)11-21-17(12-18)9-7-14(8-10-17)13(2)3/h13-14H,6-12,18H2,1-5H3,(H,19,20). The SMILES string of the molecule is CCC(C)(C)NC(=O)COC1(CN)CCC(C(C)C)CC1. The number of carbonyl (C=O) groups excluding carboxylic acids is 1. The molecular weight excluding hydrogens is 264 g/mol. The lowest BCUT2D eigenvalue weighted by Gasteiger charge is -2.40. The van der Waals surface area contributed by atoms with E-state index in [2.05, 4.69) is 26.1 Å². The van der Waals surface area contributed by atoms with Crippen LogP contribution in [0.15, 0.2) is 0 Å². The predicted molar refractivity (Wildman–Crippen MR) is 87.0 cm³/mol. The molecule has 21 heavy (non-hydrogen) atoms. The Bertz CT molecular complexity index is 332. The molecule has 0 atom stereocenters. The van der Waals surface area contributed by atoms with Gasteiger partial charge < -0.3 is 15.8 Å². The summed E-state index contributed by atoms with van der Waals surface area (Å²) >= 11 is 0. The number of ether oxygens (including phenoxy) is 1. The maximum Gasteiger partial charge on any atom is 0.246 e. The molecule has 1 aliphatic carbocycles. The Balaban J connectivity index is 2.46. The van der Waals surface area contributed by atoms with Crippen molar-refractivity contribution in [2.45, 2.75) is 77.9 Å². The van der Waals surface area contributed by atoms with Gasteiger partial charge in [0.1, 0.15) is 6.61 Å². The molecule has 1 aliphatic rings. The minimum Gasteiger partial charge on any atom is -0.364 e. The molecule has 0 bridgehead atoms. The highest BCUT2D eigenvalue weighted by atomic mass is 16.5. The second-order valence-electron chi connectivity index (χ2n) is 7.54. The third-order valence-corrected chi connectivity index (χ3v) is 5.13. The third-order valence-electron chi connectivity index (χ3n) is 5.13. The molecule has 0 radical (unpaired) electrons. The maximum atomic E-state index is 12.0. The molecule has 0 aromatic heterocycles. The third kappa shape index (κ3) is 5.59. The van der Waals surface area contributed by atoms with Crippen LogP contribution in [0.1, 0.15) is 66.7 Å². The van der Waals surface area contributed by atoms with Crippen LogP contribution in [-0.2, 0) is 9.53 Å². The van der Waals surface area contributed by atoms with Crippen LogP contribution < -0.4 is 11.1 Å². The summed E-state index contributed by atoms with van der Waals surface area (Å²) in [6, 6.07) is 0. The Morgan fingerprint density at radius 1 is 1.38 bits per heavy atom. The lowest BCUT2D eigenvalue weighted by molar-refractivity contribution is -0.138. The van der Waals surface area contributed by atoms with Crippen molar-refractivity contribution in [1.82, 2.24) is 5.32 Å². The predicted octanol–water partition coefficient (Wildman–Crippen LogP) is 2.85. The Hall–Kier alpha value is -0.610. The topological polar surface area (TPSA) is 64.3 Å². The average Bonchev–Trinajstić information content (AvgIpc) is 2.45. The number of amides is 1. The van der Waals surface area contributed by atoms with E-state index in [4.69, 9.17) is 10.5 Å². The maximum absolute atomic E-state index is 12.0. The van der Waals surface area contributed by atoms with Gasteiger partial charge in [0.25, 0.3) is 0 Å². The van der Waals surface area contributed by atoms with Crippen LogP contribution in [0.4, 0.5) is 0 Å². The van der Waals surface area contributed by atoms with Gasteiger partial charge in [0.2, 0.25) is 5.91 Å². The summed E-state index contributed by atoms with van der Waals surface area (Å²) in [5.41, 5.74) is 5.48. The Kier molecular flexibility index (Phi) is 6.67.